The van der Waals surface area contributed by atoms with E-state index in [4.69, 9.17) is 12.8 Å². The highest BCUT2D eigenvalue weighted by Crippen LogP contribution is 2.29. The molecule has 0 spiro atoms. The zero-order valence-corrected chi connectivity index (χ0v) is 32.6. The maximum Gasteiger partial charge on any atom is 0.0539 e. The third kappa shape index (κ3) is 23.3. The summed E-state index contributed by atoms with van der Waals surface area (Å²) < 4.78 is 0. The molecule has 0 aliphatic heterocycles. The number of terminal acetylenes is 2. The minimum atomic E-state index is 0.951. The molecule has 0 bridgehead atoms. The Bertz CT molecular complexity index is 911. The smallest absolute Gasteiger partial charge is 0.0539 e. The van der Waals surface area contributed by atoms with Crippen LogP contribution in [0, 0.1) is 24.7 Å². The van der Waals surface area contributed by atoms with E-state index in [1.807, 2.05) is 0 Å². The van der Waals surface area contributed by atoms with Crippen LogP contribution < -0.4 is 10.2 Å². The zero-order chi connectivity index (χ0) is 34.8. The second-order valence-corrected chi connectivity index (χ2v) is 14.7. The van der Waals surface area contributed by atoms with Gasteiger partial charge in [-0.15, -0.1) is 12.8 Å². The number of hydrogen-bond donors (Lipinski definition) is 1. The first kappa shape index (κ1) is 44.0. The minimum absolute atomic E-state index is 0.951. The van der Waals surface area contributed by atoms with Crippen LogP contribution in [0.15, 0.2) is 12.1 Å². The van der Waals surface area contributed by atoms with E-state index in [0.29, 0.717) is 0 Å². The summed E-state index contributed by atoms with van der Waals surface area (Å²) in [6, 6.07) is 4.37. The van der Waals surface area contributed by atoms with E-state index in [9.17, 15) is 0 Å². The Morgan fingerprint density at radius 3 is 1.12 bits per heavy atom. The summed E-state index contributed by atoms with van der Waals surface area (Å²) in [5.74, 6) is 6.03. The van der Waals surface area contributed by atoms with Crippen molar-refractivity contribution in [3.63, 3.8) is 0 Å². The van der Waals surface area contributed by atoms with Crippen molar-refractivity contribution in [1.29, 1.82) is 0 Å². The summed E-state index contributed by atoms with van der Waals surface area (Å²) in [6.45, 7) is 9.97. The molecule has 0 atom stereocenters. The van der Waals surface area contributed by atoms with Crippen LogP contribution >= 0.6 is 0 Å². The van der Waals surface area contributed by atoms with Gasteiger partial charge in [0, 0.05) is 30.8 Å². The predicted octanol–water partition coefficient (Wildman–Crippen LogP) is 14.6. The molecule has 1 aromatic rings. The van der Waals surface area contributed by atoms with Crippen LogP contribution in [0.4, 0.5) is 11.4 Å². The number of hydrogen-bond acceptors (Lipinski definition) is 2. The van der Waals surface area contributed by atoms with Crippen molar-refractivity contribution in [2.75, 3.05) is 29.9 Å². The van der Waals surface area contributed by atoms with Crippen molar-refractivity contribution in [3.8, 4) is 24.7 Å². The van der Waals surface area contributed by atoms with Gasteiger partial charge < -0.3 is 10.2 Å². The molecular formula is C46H80N2. The summed E-state index contributed by atoms with van der Waals surface area (Å²) in [7, 11) is 0. The Kier molecular flexibility index (Phi) is 30.6. The van der Waals surface area contributed by atoms with Crippen molar-refractivity contribution in [2.45, 2.75) is 213 Å². The number of nitrogens with one attached hydrogen (secondary N) is 1. The van der Waals surface area contributed by atoms with Crippen molar-refractivity contribution in [3.05, 3.63) is 23.3 Å². The highest BCUT2D eigenvalue weighted by atomic mass is 15.1. The zero-order valence-electron chi connectivity index (χ0n) is 32.6. The van der Waals surface area contributed by atoms with Crippen molar-refractivity contribution < 1.29 is 0 Å². The number of benzene rings is 1. The maximum absolute atomic E-state index is 6.16. The van der Waals surface area contributed by atoms with E-state index in [-0.39, 0.29) is 0 Å². The van der Waals surface area contributed by atoms with Crippen LogP contribution in [0.3, 0.4) is 0 Å². The highest BCUT2D eigenvalue weighted by Gasteiger charge is 2.14. The van der Waals surface area contributed by atoms with E-state index in [1.54, 1.807) is 0 Å². The standard InChI is InChI=1S/C46H80N2/c1-6-11-14-17-20-23-26-29-32-35-38-47-45-41-44(10-5)46(42-43(45)9-4)48(39-36-33-30-27-24-21-18-15-12-7-2)40-37-34-31-28-25-22-19-16-13-8-3/h4-5,41-42,47H,6-8,11-40H2,1-3H3. The third-order valence-electron chi connectivity index (χ3n) is 10.2. The lowest BCUT2D eigenvalue weighted by molar-refractivity contribution is 0.543. The van der Waals surface area contributed by atoms with Gasteiger partial charge in [0.2, 0.25) is 0 Å². The lowest BCUT2D eigenvalue weighted by Gasteiger charge is -2.27. The molecule has 1 aromatic carbocycles. The third-order valence-corrected chi connectivity index (χ3v) is 10.2. The van der Waals surface area contributed by atoms with Gasteiger partial charge in [0.1, 0.15) is 0 Å². The normalized spacial score (nSPS) is 11.0. The molecule has 0 unspecified atom stereocenters. The number of anilines is 2. The van der Waals surface area contributed by atoms with Gasteiger partial charge in [-0.2, -0.15) is 0 Å². The summed E-state index contributed by atoms with van der Waals surface area (Å²) in [4.78, 5) is 2.57. The first-order chi connectivity index (χ1) is 23.7. The lowest BCUT2D eigenvalue weighted by atomic mass is 10.0. The predicted molar refractivity (Wildman–Crippen MR) is 219 cm³/mol. The average Bonchev–Trinajstić information content (AvgIpc) is 3.11. The highest BCUT2D eigenvalue weighted by molar-refractivity contribution is 5.72. The SMILES string of the molecule is C#Cc1cc(N(CCCCCCCCCCCC)CCCCCCCCCCCC)c(C#C)cc1NCCCCCCCCCCCC. The monoisotopic (exact) mass is 661 g/mol. The molecule has 48 heavy (non-hydrogen) atoms. The molecule has 0 radical (unpaired) electrons. The molecule has 1 rings (SSSR count). The molecule has 0 aliphatic rings. The van der Waals surface area contributed by atoms with Crippen LogP contribution in [0.25, 0.3) is 0 Å². The molecule has 2 heteroatoms. The Hall–Kier alpha value is -2.06. The molecule has 0 fully saturated rings. The van der Waals surface area contributed by atoms with E-state index in [1.165, 1.54) is 198 Å². The van der Waals surface area contributed by atoms with E-state index < -0.39 is 0 Å². The van der Waals surface area contributed by atoms with Gasteiger partial charge in [0.15, 0.2) is 0 Å². The van der Waals surface area contributed by atoms with Gasteiger partial charge in [0.25, 0.3) is 0 Å². The second kappa shape index (κ2) is 33.4. The Labute approximate surface area is 301 Å². The first-order valence-corrected chi connectivity index (χ1v) is 21.3. The second-order valence-electron chi connectivity index (χ2n) is 14.7. The number of rotatable bonds is 35. The topological polar surface area (TPSA) is 15.3 Å². The van der Waals surface area contributed by atoms with Gasteiger partial charge >= 0.3 is 0 Å². The molecule has 274 valence electrons. The van der Waals surface area contributed by atoms with Crippen LogP contribution in [0.1, 0.15) is 225 Å². The number of nitrogens with zero attached hydrogens (tertiary/aromatic N) is 1. The summed E-state index contributed by atoms with van der Waals surface area (Å²) in [6.07, 6.45) is 52.9. The fourth-order valence-corrected chi connectivity index (χ4v) is 7.00. The fraction of sp³-hybridized carbons (Fsp3) is 0.783. The van der Waals surface area contributed by atoms with Crippen molar-refractivity contribution in [2.24, 2.45) is 0 Å². The summed E-state index contributed by atoms with van der Waals surface area (Å²) in [5.41, 5.74) is 4.13. The molecule has 1 N–H and O–H groups in total. The van der Waals surface area contributed by atoms with Crippen LogP contribution in [-0.4, -0.2) is 19.6 Å². The molecule has 0 saturated heterocycles. The molecule has 0 heterocycles. The van der Waals surface area contributed by atoms with Crippen LogP contribution in [0.5, 0.6) is 0 Å². The van der Waals surface area contributed by atoms with Gasteiger partial charge in [-0.25, -0.2) is 0 Å². The fourth-order valence-electron chi connectivity index (χ4n) is 7.00. The molecule has 0 aromatic heterocycles. The van der Waals surface area contributed by atoms with E-state index in [0.717, 1.165) is 36.4 Å². The van der Waals surface area contributed by atoms with Crippen molar-refractivity contribution in [1.82, 2.24) is 0 Å². The molecule has 0 amide bonds. The lowest BCUT2D eigenvalue weighted by Crippen LogP contribution is -2.27. The van der Waals surface area contributed by atoms with E-state index >= 15 is 0 Å². The Balaban J connectivity index is 2.65. The maximum atomic E-state index is 6.16. The largest absolute Gasteiger partial charge is 0.384 e. The summed E-state index contributed by atoms with van der Waals surface area (Å²) >= 11 is 0. The quantitative estimate of drug-likeness (QED) is 0.0576. The average molecular weight is 661 g/mol. The van der Waals surface area contributed by atoms with Gasteiger partial charge in [-0.05, 0) is 31.4 Å². The Morgan fingerprint density at radius 2 is 0.771 bits per heavy atom. The van der Waals surface area contributed by atoms with Gasteiger partial charge in [-0.1, -0.05) is 206 Å². The molecule has 0 saturated carbocycles. The first-order valence-electron chi connectivity index (χ1n) is 21.3. The van der Waals surface area contributed by atoms with Gasteiger partial charge in [-0.3, -0.25) is 0 Å². The van der Waals surface area contributed by atoms with Crippen LogP contribution in [-0.2, 0) is 0 Å². The summed E-state index contributed by atoms with van der Waals surface area (Å²) in [5, 5.41) is 3.65. The number of unbranched alkanes of at least 4 members (excludes halogenated alkanes) is 27. The van der Waals surface area contributed by atoms with E-state index in [2.05, 4.69) is 55.0 Å². The Morgan fingerprint density at radius 1 is 0.438 bits per heavy atom. The molecular weight excluding hydrogens is 581 g/mol. The minimum Gasteiger partial charge on any atom is -0.384 e. The molecule has 0 aliphatic carbocycles. The molecule has 2 nitrogen and oxygen atoms in total. The van der Waals surface area contributed by atoms with Crippen LogP contribution in [0.2, 0.25) is 0 Å². The van der Waals surface area contributed by atoms with Crippen molar-refractivity contribution >= 4 is 11.4 Å². The van der Waals surface area contributed by atoms with Gasteiger partial charge in [0.05, 0.1) is 11.4 Å².